The molecule has 0 fully saturated rings. The number of benzene rings is 3. The number of anilines is 3. The van der Waals surface area contributed by atoms with Gasteiger partial charge in [-0.05, 0) is 47.5 Å². The largest absolute Gasteiger partial charge is 0.378 e. The zero-order valence-electron chi connectivity index (χ0n) is 16.8. The molecule has 0 saturated heterocycles. The van der Waals surface area contributed by atoms with Crippen LogP contribution in [0.5, 0.6) is 0 Å². The highest BCUT2D eigenvalue weighted by Gasteiger charge is 2.22. The summed E-state index contributed by atoms with van der Waals surface area (Å²) in [5, 5.41) is 12.7. The number of carbonyl (C=O) groups is 1. The summed E-state index contributed by atoms with van der Waals surface area (Å²) in [7, 11) is 3.96. The summed E-state index contributed by atoms with van der Waals surface area (Å²) in [5.74, 6) is -0.0162. The van der Waals surface area contributed by atoms with E-state index in [0.29, 0.717) is 11.1 Å². The van der Waals surface area contributed by atoms with E-state index in [9.17, 15) is 10.1 Å². The summed E-state index contributed by atoms with van der Waals surface area (Å²) in [5.41, 5.74) is 5.15. The van der Waals surface area contributed by atoms with Crippen LogP contribution in [0.4, 0.5) is 17.1 Å². The van der Waals surface area contributed by atoms with Crippen molar-refractivity contribution in [1.29, 1.82) is 5.26 Å². The van der Waals surface area contributed by atoms with E-state index in [0.717, 1.165) is 32.4 Å². The molecule has 0 atom stereocenters. The van der Waals surface area contributed by atoms with E-state index >= 15 is 0 Å². The lowest BCUT2D eigenvalue weighted by atomic mass is 9.96. The molecule has 1 aliphatic rings. The molecule has 1 aliphatic heterocycles. The molecule has 0 spiro atoms. The molecule has 5 heteroatoms. The molecule has 30 heavy (non-hydrogen) atoms. The van der Waals surface area contributed by atoms with Crippen LogP contribution in [0.3, 0.4) is 0 Å². The smallest absolute Gasteiger partial charge is 0.169 e. The van der Waals surface area contributed by atoms with E-state index in [2.05, 4.69) is 17.5 Å². The van der Waals surface area contributed by atoms with Gasteiger partial charge in [-0.2, -0.15) is 5.26 Å². The van der Waals surface area contributed by atoms with Gasteiger partial charge in [-0.3, -0.25) is 4.79 Å². The third-order valence-corrected chi connectivity index (χ3v) is 6.17. The second-order valence-electron chi connectivity index (χ2n) is 7.24. The van der Waals surface area contributed by atoms with Crippen LogP contribution in [-0.2, 0) is 0 Å². The van der Waals surface area contributed by atoms with Crippen molar-refractivity contribution in [1.82, 2.24) is 0 Å². The summed E-state index contributed by atoms with van der Waals surface area (Å²) in [6.45, 7) is 0. The van der Waals surface area contributed by atoms with Gasteiger partial charge in [0.15, 0.2) is 5.78 Å². The van der Waals surface area contributed by atoms with E-state index in [1.165, 1.54) is 6.08 Å². The number of nitrogens with one attached hydrogen (secondary N) is 1. The highest BCUT2D eigenvalue weighted by atomic mass is 32.2. The third kappa shape index (κ3) is 3.96. The maximum atomic E-state index is 13.3. The number of fused-ring (bicyclic) bond motifs is 2. The highest BCUT2D eigenvalue weighted by Crippen LogP contribution is 2.45. The van der Waals surface area contributed by atoms with E-state index in [1.54, 1.807) is 11.8 Å². The molecule has 3 aromatic carbocycles. The number of rotatable bonds is 5. The Morgan fingerprint density at radius 1 is 1.03 bits per heavy atom. The molecule has 0 aliphatic carbocycles. The Bertz CT molecular complexity index is 1170. The summed E-state index contributed by atoms with van der Waals surface area (Å²) < 4.78 is 0. The summed E-state index contributed by atoms with van der Waals surface area (Å²) >= 11 is 1.66. The van der Waals surface area contributed by atoms with Crippen molar-refractivity contribution in [3.63, 3.8) is 0 Å². The lowest BCUT2D eigenvalue weighted by Gasteiger charge is -2.23. The standard InChI is InChI=1S/C25H21N3OS/c1-28(2)19-12-10-17(11-13-19)18(14-15-26)16-22(29)20-6-5-9-24-25(20)27-21-7-3-4-8-23(21)30-24/h3-14,27H,16H2,1-2H3. The Morgan fingerprint density at radius 3 is 2.50 bits per heavy atom. The van der Waals surface area contributed by atoms with Gasteiger partial charge in [-0.25, -0.2) is 0 Å². The number of allylic oxidation sites excluding steroid dienone is 2. The SMILES string of the molecule is CN(C)c1ccc(C(=CC#N)CC(=O)c2cccc3c2Nc2ccccc2S3)cc1. The van der Waals surface area contributed by atoms with Crippen molar-refractivity contribution in [2.24, 2.45) is 0 Å². The topological polar surface area (TPSA) is 56.1 Å². The quantitative estimate of drug-likeness (QED) is 0.316. The first kappa shape index (κ1) is 19.8. The Hall–Kier alpha value is -3.49. The summed E-state index contributed by atoms with van der Waals surface area (Å²) in [4.78, 5) is 17.4. The van der Waals surface area contributed by atoms with Crippen molar-refractivity contribution in [2.45, 2.75) is 16.2 Å². The fourth-order valence-electron chi connectivity index (χ4n) is 3.45. The number of nitriles is 1. The molecular formula is C25H21N3OS. The van der Waals surface area contributed by atoms with Crippen molar-refractivity contribution in [3.05, 3.63) is 83.9 Å². The average molecular weight is 412 g/mol. The zero-order valence-corrected chi connectivity index (χ0v) is 17.7. The normalized spacial score (nSPS) is 12.2. The molecule has 0 saturated carbocycles. The van der Waals surface area contributed by atoms with Crippen LogP contribution in [0.15, 0.2) is 82.6 Å². The number of hydrogen-bond acceptors (Lipinski definition) is 5. The van der Waals surface area contributed by atoms with Crippen molar-refractivity contribution in [2.75, 3.05) is 24.3 Å². The Kier molecular flexibility index (Phi) is 5.60. The molecule has 0 radical (unpaired) electrons. The van der Waals surface area contributed by atoms with Crippen LogP contribution in [0.1, 0.15) is 22.3 Å². The fraction of sp³-hybridized carbons (Fsp3) is 0.120. The van der Waals surface area contributed by atoms with Gasteiger partial charge < -0.3 is 10.2 Å². The Labute approximate surface area is 180 Å². The van der Waals surface area contributed by atoms with E-state index in [1.807, 2.05) is 79.7 Å². The monoisotopic (exact) mass is 411 g/mol. The van der Waals surface area contributed by atoms with Crippen LogP contribution in [-0.4, -0.2) is 19.9 Å². The van der Waals surface area contributed by atoms with Gasteiger partial charge in [0.25, 0.3) is 0 Å². The first-order chi connectivity index (χ1) is 14.6. The minimum Gasteiger partial charge on any atom is -0.378 e. The summed E-state index contributed by atoms with van der Waals surface area (Å²) in [6, 6.07) is 23.8. The minimum atomic E-state index is -0.0162. The number of ketones is 1. The van der Waals surface area contributed by atoms with Gasteiger partial charge in [0.1, 0.15) is 0 Å². The number of para-hydroxylation sites is 2. The Morgan fingerprint density at radius 2 is 1.77 bits per heavy atom. The Balaban J connectivity index is 1.62. The van der Waals surface area contributed by atoms with Gasteiger partial charge in [0, 0.05) is 47.6 Å². The highest BCUT2D eigenvalue weighted by molar-refractivity contribution is 7.99. The van der Waals surface area contributed by atoms with Crippen molar-refractivity contribution in [3.8, 4) is 6.07 Å². The van der Waals surface area contributed by atoms with Crippen LogP contribution in [0.25, 0.3) is 5.57 Å². The first-order valence-corrected chi connectivity index (χ1v) is 10.4. The van der Waals surface area contributed by atoms with Gasteiger partial charge in [0.05, 0.1) is 17.4 Å². The molecular weight excluding hydrogens is 390 g/mol. The maximum absolute atomic E-state index is 13.3. The number of hydrogen-bond donors (Lipinski definition) is 1. The lowest BCUT2D eigenvalue weighted by Crippen LogP contribution is -2.09. The molecule has 3 aromatic rings. The molecule has 4 rings (SSSR count). The molecule has 0 amide bonds. The first-order valence-electron chi connectivity index (χ1n) is 9.63. The van der Waals surface area contributed by atoms with Crippen LogP contribution >= 0.6 is 11.8 Å². The number of nitrogens with zero attached hydrogens (tertiary/aromatic N) is 2. The van der Waals surface area contributed by atoms with Gasteiger partial charge in [-0.1, -0.05) is 42.1 Å². The fourth-order valence-corrected chi connectivity index (χ4v) is 4.47. The van der Waals surface area contributed by atoms with E-state index < -0.39 is 0 Å². The lowest BCUT2D eigenvalue weighted by molar-refractivity contribution is 0.0999. The third-order valence-electron chi connectivity index (χ3n) is 5.04. The predicted molar refractivity (Wildman–Crippen MR) is 124 cm³/mol. The molecule has 0 unspecified atom stereocenters. The average Bonchev–Trinajstić information content (AvgIpc) is 2.77. The molecule has 1 heterocycles. The van der Waals surface area contributed by atoms with E-state index in [-0.39, 0.29) is 12.2 Å². The van der Waals surface area contributed by atoms with Crippen LogP contribution in [0.2, 0.25) is 0 Å². The van der Waals surface area contributed by atoms with Crippen LogP contribution in [0, 0.1) is 11.3 Å². The minimum absolute atomic E-state index is 0.0162. The number of carbonyl (C=O) groups excluding carboxylic acids is 1. The zero-order chi connectivity index (χ0) is 21.1. The van der Waals surface area contributed by atoms with Gasteiger partial charge in [0.2, 0.25) is 0 Å². The van der Waals surface area contributed by atoms with Crippen molar-refractivity contribution < 1.29 is 4.79 Å². The second-order valence-corrected chi connectivity index (χ2v) is 8.33. The molecule has 4 nitrogen and oxygen atoms in total. The number of Topliss-reactive ketones (excluding diaryl/α,β-unsaturated/α-hetero) is 1. The van der Waals surface area contributed by atoms with E-state index in [4.69, 9.17) is 0 Å². The molecule has 148 valence electrons. The van der Waals surface area contributed by atoms with Crippen LogP contribution < -0.4 is 10.2 Å². The molecule has 0 bridgehead atoms. The molecule has 0 aromatic heterocycles. The predicted octanol–water partition coefficient (Wildman–Crippen LogP) is 6.14. The summed E-state index contributed by atoms with van der Waals surface area (Å²) in [6.07, 6.45) is 1.63. The second kappa shape index (κ2) is 8.48. The van der Waals surface area contributed by atoms with Gasteiger partial charge in [-0.15, -0.1) is 0 Å². The van der Waals surface area contributed by atoms with Crippen molar-refractivity contribution >= 4 is 40.2 Å². The van der Waals surface area contributed by atoms with Gasteiger partial charge >= 0.3 is 0 Å². The molecule has 1 N–H and O–H groups in total. The maximum Gasteiger partial charge on any atom is 0.169 e.